The molecule has 0 unspecified atom stereocenters. The minimum atomic E-state index is -4.69. The molecule has 0 saturated carbocycles. The Kier molecular flexibility index (Phi) is 17.2. The van der Waals surface area contributed by atoms with Gasteiger partial charge in [-0.15, -0.1) is 5.53 Å². The smallest absolute Gasteiger partial charge is 0.389 e. The zero-order valence-corrected chi connectivity index (χ0v) is 47.7. The summed E-state index contributed by atoms with van der Waals surface area (Å²) >= 11 is 0.748. The number of imidazole rings is 2. The fourth-order valence-corrected chi connectivity index (χ4v) is 14.9. The highest BCUT2D eigenvalue weighted by molar-refractivity contribution is 8.54. The van der Waals surface area contributed by atoms with E-state index >= 15 is 13.3 Å². The Morgan fingerprint density at radius 1 is 0.762 bits per heavy atom. The van der Waals surface area contributed by atoms with Gasteiger partial charge in [0.25, 0.3) is 7.47 Å². The van der Waals surface area contributed by atoms with Crippen molar-refractivity contribution in [3.05, 3.63) is 132 Å². The predicted molar refractivity (Wildman–Crippen MR) is 305 cm³/mol. The monoisotopic (exact) mass is 1210 g/mol. The number of nitrogen functional groups attached to an aromatic ring is 2. The van der Waals surface area contributed by atoms with Gasteiger partial charge < -0.3 is 54.5 Å². The molecular weight excluding hydrogens is 1150 g/mol. The zero-order chi connectivity index (χ0) is 58.1. The van der Waals surface area contributed by atoms with Crippen molar-refractivity contribution in [2.45, 2.75) is 81.5 Å². The lowest BCUT2D eigenvalue weighted by Gasteiger charge is -2.30. The van der Waals surface area contributed by atoms with Gasteiger partial charge in [-0.2, -0.15) is 0 Å². The van der Waals surface area contributed by atoms with Gasteiger partial charge in [0.15, 0.2) is 41.9 Å². The molecular formula is C53H58BF2N13O12P2S. The van der Waals surface area contributed by atoms with Gasteiger partial charge in [0.1, 0.15) is 41.8 Å². The van der Waals surface area contributed by atoms with Crippen molar-refractivity contribution in [3.8, 4) is 0 Å². The van der Waals surface area contributed by atoms with Gasteiger partial charge >= 0.3 is 6.80 Å². The van der Waals surface area contributed by atoms with Gasteiger partial charge in [0, 0.05) is 29.5 Å². The number of carbonyl (C=O) groups excluding carboxylic acids is 1. The number of ether oxygens (including phenoxy) is 5. The average molecular weight is 1210 g/mol. The largest absolute Gasteiger partial charge is 0.397 e. The third-order valence-corrected chi connectivity index (χ3v) is 19.4. The summed E-state index contributed by atoms with van der Waals surface area (Å²) in [6, 6.07) is 24.9. The molecule has 0 aliphatic carbocycles. The van der Waals surface area contributed by atoms with Crippen molar-refractivity contribution < 1.29 is 64.5 Å². The number of nitrogens with two attached hydrogens (primary N) is 2. The van der Waals surface area contributed by atoms with Crippen LogP contribution in [0.5, 0.6) is 0 Å². The van der Waals surface area contributed by atoms with Gasteiger partial charge in [0.05, 0.1) is 101 Å². The van der Waals surface area contributed by atoms with Crippen molar-refractivity contribution in [1.82, 2.24) is 50.0 Å². The second-order valence-corrected chi connectivity index (χ2v) is 25.6. The topological polar surface area (TPSA) is 291 Å². The number of alkyl halides is 2. The van der Waals surface area contributed by atoms with Crippen molar-refractivity contribution in [3.63, 3.8) is 0 Å². The maximum atomic E-state index is 17.0. The number of hydrazine groups is 2. The third kappa shape index (κ3) is 11.9. The molecule has 2 radical (unpaired) electrons. The summed E-state index contributed by atoms with van der Waals surface area (Å²) in [5, 5.41) is 2.00. The summed E-state index contributed by atoms with van der Waals surface area (Å²) in [7, 11) is 1.38. The van der Waals surface area contributed by atoms with Crippen LogP contribution in [0.1, 0.15) is 53.6 Å². The van der Waals surface area contributed by atoms with E-state index in [-0.39, 0.29) is 52.1 Å². The molecule has 5 aliphatic heterocycles. The van der Waals surface area contributed by atoms with Crippen LogP contribution in [0, 0.1) is 0 Å². The second kappa shape index (κ2) is 24.9. The number of hydrogen-bond acceptors (Lipinski definition) is 23. The van der Waals surface area contributed by atoms with Crippen LogP contribution in [-0.2, 0) is 74.6 Å². The number of nitrogens with one attached hydrogen (secondary N) is 2. The van der Waals surface area contributed by atoms with Crippen molar-refractivity contribution in [1.29, 1.82) is 0 Å². The normalized spacial score (nSPS) is 27.0. The van der Waals surface area contributed by atoms with Crippen LogP contribution in [0.15, 0.2) is 104 Å². The minimum Gasteiger partial charge on any atom is -0.397 e. The molecule has 5 aliphatic rings. The molecule has 10 atom stereocenters. The van der Waals surface area contributed by atoms with Crippen LogP contribution in [0.2, 0.25) is 0 Å². The average Bonchev–Trinajstić information content (AvgIpc) is 2.24. The van der Waals surface area contributed by atoms with Crippen LogP contribution < -0.4 is 27.3 Å². The summed E-state index contributed by atoms with van der Waals surface area (Å²) in [6.45, 7) is -1.05. The minimum absolute atomic E-state index is 0.0309. The van der Waals surface area contributed by atoms with Gasteiger partial charge in [-0.05, 0) is 40.2 Å². The molecule has 12 rings (SSSR count). The van der Waals surface area contributed by atoms with Crippen LogP contribution in [0.4, 0.5) is 26.0 Å². The Hall–Kier alpha value is -6.43. The molecule has 25 nitrogen and oxygen atoms in total. The van der Waals surface area contributed by atoms with Gasteiger partial charge in [-0.3, -0.25) is 32.6 Å². The molecule has 3 aromatic carbocycles. The summed E-state index contributed by atoms with van der Waals surface area (Å²) in [4.78, 5) is 36.0. The molecule has 1 amide bonds. The Morgan fingerprint density at radius 2 is 1.40 bits per heavy atom. The Morgan fingerprint density at radius 3 is 2.15 bits per heavy atom. The van der Waals surface area contributed by atoms with E-state index < -0.39 is 76.7 Å². The van der Waals surface area contributed by atoms with E-state index in [1.165, 1.54) is 40.4 Å². The number of rotatable bonds is 17. The van der Waals surface area contributed by atoms with E-state index in [0.717, 1.165) is 50.7 Å². The number of aromatic nitrogens is 7. The number of para-hydroxylation sites is 1. The lowest BCUT2D eigenvalue weighted by atomic mass is 9.96. The summed E-state index contributed by atoms with van der Waals surface area (Å²) in [6.07, 6.45) is -7.99. The molecule has 440 valence electrons. The van der Waals surface area contributed by atoms with Gasteiger partial charge in [-0.1, -0.05) is 73.7 Å². The molecule has 7 aromatic rings. The molecule has 4 aromatic heterocycles. The standard InChI is InChI=1S/C53H58BF2N13O12P2S/c1-2-40(70)66-23-33-7-3-4-8-34(33)43-46(35-9-5-6-10-37(35)66)69(65-64-43)17-18-73-19-20-74-21-22-75-24-31-11-13-32(14-12-31)27-84-83(72)77-26-39-47(41(55)52(79-39)68-30-63-45-49(58)60-28-61-51(45)68)80-82(54,71)76-25-38-48(81-83)42(56)53(78-38)67-29-62-44-36(57)15-16-59-50(44)67/h3-16,28-30,38-39,41-42,47-48,52-53,64-65H,2,17-27H2,1H3,(H2,57,59)(H2,58,60,61)/t38-,39-,41-,42-,47-,48-,52-,53-,82+,83+/m1/s1. The molecule has 3 saturated heterocycles. The predicted octanol–water partition coefficient (Wildman–Crippen LogP) is 6.70. The maximum absolute atomic E-state index is 17.0. The fourth-order valence-electron chi connectivity index (χ4n) is 10.5. The van der Waals surface area contributed by atoms with E-state index in [2.05, 4.69) is 48.0 Å². The molecule has 84 heavy (non-hydrogen) atoms. The second-order valence-electron chi connectivity index (χ2n) is 20.0. The number of halogens is 2. The lowest BCUT2D eigenvalue weighted by Crippen LogP contribution is -2.39. The van der Waals surface area contributed by atoms with Gasteiger partial charge in [0.2, 0.25) is 13.5 Å². The molecule has 3 fully saturated rings. The maximum Gasteiger partial charge on any atom is 0.389 e. The van der Waals surface area contributed by atoms with E-state index in [1.54, 1.807) is 0 Å². The quantitative estimate of drug-likeness (QED) is 0.0419. The Balaban J connectivity index is 0.653. The number of anilines is 3. The van der Waals surface area contributed by atoms with E-state index in [0.29, 0.717) is 58.1 Å². The Labute approximate surface area is 485 Å². The van der Waals surface area contributed by atoms with Crippen LogP contribution in [-0.4, -0.2) is 142 Å². The highest BCUT2D eigenvalue weighted by Gasteiger charge is 2.55. The number of amides is 1. The first-order valence-electron chi connectivity index (χ1n) is 27.0. The van der Waals surface area contributed by atoms with Crippen molar-refractivity contribution >= 4 is 90.0 Å². The highest BCUT2D eigenvalue weighted by atomic mass is 32.7. The highest BCUT2D eigenvalue weighted by Crippen LogP contribution is 2.65. The summed E-state index contributed by atoms with van der Waals surface area (Å²) in [5.41, 5.74) is 27.0. The number of hydrogen-bond donors (Lipinski definition) is 4. The van der Waals surface area contributed by atoms with Crippen LogP contribution in [0.3, 0.4) is 0 Å². The van der Waals surface area contributed by atoms with E-state index in [4.69, 9.17) is 60.8 Å². The number of nitrogens with zero attached hydrogens (tertiary/aromatic N) is 9. The lowest BCUT2D eigenvalue weighted by molar-refractivity contribution is -0.118. The van der Waals surface area contributed by atoms with Gasteiger partial charge in [-0.25, -0.2) is 38.3 Å². The summed E-state index contributed by atoms with van der Waals surface area (Å²) in [5.74, 6) is 0.106. The van der Waals surface area contributed by atoms with Crippen molar-refractivity contribution in [2.75, 3.05) is 69.2 Å². The first-order valence-corrected chi connectivity index (χ1v) is 31.7. The molecule has 9 heterocycles. The van der Waals surface area contributed by atoms with Crippen LogP contribution >= 0.6 is 25.7 Å². The zero-order valence-electron chi connectivity index (χ0n) is 45.1. The number of carbonyl (C=O) groups is 1. The fraction of sp³-hybridized carbons (Fsp3) is 0.396. The Bertz CT molecular complexity index is 3670. The van der Waals surface area contributed by atoms with Crippen molar-refractivity contribution in [2.24, 2.45) is 0 Å². The molecule has 31 heteroatoms. The van der Waals surface area contributed by atoms with Crippen LogP contribution in [0.25, 0.3) is 33.7 Å². The number of benzene rings is 3. The molecule has 0 bridgehead atoms. The third-order valence-electron chi connectivity index (χ3n) is 14.7. The molecule has 0 spiro atoms. The van der Waals surface area contributed by atoms with E-state index in [1.807, 2.05) is 77.5 Å². The van der Waals surface area contributed by atoms with E-state index in [9.17, 15) is 9.36 Å². The first-order chi connectivity index (χ1) is 40.8. The number of pyridine rings is 1. The first kappa shape index (κ1) is 58.0. The molecule has 6 N–H and O–H groups in total. The number of fused-ring (bicyclic) bond motifs is 8. The SMILES string of the molecule is [B][P@]1(=O)OC[C@H]2O[C@@H](n3cnc4c(N)ccnc43)[C@H](F)[C@@H]2O[P@@](=O)(SCc2ccc(COCCOCCOCCN3NNC4=C3c3ccccc3N(C(=O)CC)Cc3ccccc34)cc2)OC[C@H]2O[C@@H](n3cnc4c(N)ncnc43)[C@H](F)[C@@H]2O1. The summed E-state index contributed by atoms with van der Waals surface area (Å²) < 4.78 is 119.